The van der Waals surface area contributed by atoms with E-state index in [4.69, 9.17) is 4.74 Å². The van der Waals surface area contributed by atoms with E-state index in [1.165, 1.54) is 0 Å². The van der Waals surface area contributed by atoms with Gasteiger partial charge in [0.2, 0.25) is 0 Å². The third-order valence-corrected chi connectivity index (χ3v) is 3.20. The predicted molar refractivity (Wildman–Crippen MR) is 71.5 cm³/mol. The summed E-state index contributed by atoms with van der Waals surface area (Å²) in [6.07, 6.45) is 5.24. The molecule has 1 aromatic heterocycles. The van der Waals surface area contributed by atoms with Crippen molar-refractivity contribution in [3.05, 3.63) is 18.2 Å². The molecule has 0 radical (unpaired) electrons. The summed E-state index contributed by atoms with van der Waals surface area (Å²) in [6.45, 7) is 10.1. The number of aromatic nitrogens is 2. The monoisotopic (exact) mass is 252 g/mol. The van der Waals surface area contributed by atoms with Crippen LogP contribution in [-0.4, -0.2) is 53.8 Å². The van der Waals surface area contributed by atoms with Crippen LogP contribution in [0.2, 0.25) is 0 Å². The maximum Gasteiger partial charge on any atom is 0.0950 e. The molecule has 1 saturated heterocycles. The highest BCUT2D eigenvalue weighted by molar-refractivity contribution is 4.96. The van der Waals surface area contributed by atoms with Crippen molar-refractivity contribution in [2.75, 3.05) is 39.4 Å². The second-order valence-corrected chi connectivity index (χ2v) is 4.73. The zero-order chi connectivity index (χ0) is 12.6. The van der Waals surface area contributed by atoms with Crippen molar-refractivity contribution in [1.82, 2.24) is 19.8 Å². The summed E-state index contributed by atoms with van der Waals surface area (Å²) in [7, 11) is 0. The molecule has 0 bridgehead atoms. The lowest BCUT2D eigenvalue weighted by molar-refractivity contribution is 0.0364. The molecule has 2 heterocycles. The fraction of sp³-hybridized carbons (Fsp3) is 0.769. The molecular weight excluding hydrogens is 228 g/mol. The predicted octanol–water partition coefficient (Wildman–Crippen LogP) is 0.715. The first-order chi connectivity index (χ1) is 8.88. The Balaban J connectivity index is 1.69. The summed E-state index contributed by atoms with van der Waals surface area (Å²) in [5.41, 5.74) is 1.13. The van der Waals surface area contributed by atoms with Crippen molar-refractivity contribution in [2.24, 2.45) is 0 Å². The highest BCUT2D eigenvalue weighted by Gasteiger charge is 2.09. The van der Waals surface area contributed by atoms with Crippen LogP contribution >= 0.6 is 0 Å². The molecule has 1 N–H and O–H groups in total. The van der Waals surface area contributed by atoms with Crippen LogP contribution in [0.4, 0.5) is 0 Å². The number of hydrogen-bond donors (Lipinski definition) is 1. The molecule has 0 amide bonds. The Morgan fingerprint density at radius 3 is 2.94 bits per heavy atom. The zero-order valence-electron chi connectivity index (χ0n) is 11.3. The lowest BCUT2D eigenvalue weighted by Crippen LogP contribution is -2.38. The number of imidazole rings is 1. The van der Waals surface area contributed by atoms with E-state index in [1.807, 2.05) is 6.33 Å². The third kappa shape index (κ3) is 4.40. The Bertz CT molecular complexity index is 333. The van der Waals surface area contributed by atoms with Crippen LogP contribution in [0.1, 0.15) is 19.0 Å². The average molecular weight is 252 g/mol. The Kier molecular flexibility index (Phi) is 5.64. The van der Waals surface area contributed by atoms with Crippen molar-refractivity contribution in [2.45, 2.75) is 26.4 Å². The molecule has 0 aromatic carbocycles. The molecule has 0 atom stereocenters. The van der Waals surface area contributed by atoms with Crippen LogP contribution in [-0.2, 0) is 17.8 Å². The van der Waals surface area contributed by atoms with Crippen LogP contribution in [0.25, 0.3) is 0 Å². The third-order valence-electron chi connectivity index (χ3n) is 3.20. The van der Waals surface area contributed by atoms with Gasteiger partial charge in [0.1, 0.15) is 0 Å². The van der Waals surface area contributed by atoms with Gasteiger partial charge in [-0.2, -0.15) is 0 Å². The SMILES string of the molecule is CCCNCc1cn(CCN2CCOCC2)cn1. The molecule has 1 aliphatic heterocycles. The molecule has 1 fully saturated rings. The number of nitrogens with zero attached hydrogens (tertiary/aromatic N) is 3. The van der Waals surface area contributed by atoms with Crippen molar-refractivity contribution in [1.29, 1.82) is 0 Å². The van der Waals surface area contributed by atoms with Crippen molar-refractivity contribution < 1.29 is 4.74 Å². The van der Waals surface area contributed by atoms with Gasteiger partial charge in [-0.15, -0.1) is 0 Å². The maximum absolute atomic E-state index is 5.34. The molecule has 0 saturated carbocycles. The topological polar surface area (TPSA) is 42.3 Å². The van der Waals surface area contributed by atoms with Gasteiger partial charge in [-0.05, 0) is 13.0 Å². The fourth-order valence-corrected chi connectivity index (χ4v) is 2.09. The van der Waals surface area contributed by atoms with Crippen molar-refractivity contribution >= 4 is 0 Å². The summed E-state index contributed by atoms with van der Waals surface area (Å²) < 4.78 is 7.52. The molecule has 5 nitrogen and oxygen atoms in total. The van der Waals surface area contributed by atoms with E-state index >= 15 is 0 Å². The van der Waals surface area contributed by atoms with E-state index in [9.17, 15) is 0 Å². The number of nitrogens with one attached hydrogen (secondary N) is 1. The Morgan fingerprint density at radius 2 is 2.17 bits per heavy atom. The van der Waals surface area contributed by atoms with Gasteiger partial charge >= 0.3 is 0 Å². The summed E-state index contributed by atoms with van der Waals surface area (Å²) in [5.74, 6) is 0. The minimum atomic E-state index is 0.871. The summed E-state index contributed by atoms with van der Waals surface area (Å²) in [4.78, 5) is 6.85. The van der Waals surface area contributed by atoms with Crippen LogP contribution in [0, 0.1) is 0 Å². The quantitative estimate of drug-likeness (QED) is 0.726. The van der Waals surface area contributed by atoms with Gasteiger partial charge in [0, 0.05) is 38.9 Å². The van der Waals surface area contributed by atoms with Gasteiger partial charge in [-0.3, -0.25) is 4.90 Å². The maximum atomic E-state index is 5.34. The van der Waals surface area contributed by atoms with Gasteiger partial charge in [-0.1, -0.05) is 6.92 Å². The highest BCUT2D eigenvalue weighted by Crippen LogP contribution is 2.00. The van der Waals surface area contributed by atoms with Gasteiger partial charge < -0.3 is 14.6 Å². The normalized spacial score (nSPS) is 17.2. The molecule has 5 heteroatoms. The number of rotatable bonds is 7. The van der Waals surface area contributed by atoms with Crippen LogP contribution in [0.15, 0.2) is 12.5 Å². The van der Waals surface area contributed by atoms with Gasteiger partial charge in [0.25, 0.3) is 0 Å². The molecule has 2 rings (SSSR count). The number of hydrogen-bond acceptors (Lipinski definition) is 4. The van der Waals surface area contributed by atoms with Crippen LogP contribution < -0.4 is 5.32 Å². The summed E-state index contributed by atoms with van der Waals surface area (Å²) in [5, 5.41) is 3.37. The Morgan fingerprint density at radius 1 is 1.33 bits per heavy atom. The molecule has 0 unspecified atom stereocenters. The number of ether oxygens (including phenoxy) is 1. The number of morpholine rings is 1. The Hall–Kier alpha value is -0.910. The minimum Gasteiger partial charge on any atom is -0.379 e. The molecular formula is C13H24N4O. The molecule has 0 aliphatic carbocycles. The minimum absolute atomic E-state index is 0.871. The van der Waals surface area contributed by atoms with E-state index in [-0.39, 0.29) is 0 Å². The fourth-order valence-electron chi connectivity index (χ4n) is 2.09. The largest absolute Gasteiger partial charge is 0.379 e. The molecule has 1 aromatic rings. The van der Waals surface area contributed by atoms with Crippen LogP contribution in [0.3, 0.4) is 0 Å². The second kappa shape index (κ2) is 7.51. The first-order valence-corrected chi connectivity index (χ1v) is 6.90. The van der Waals surface area contributed by atoms with Gasteiger partial charge in [0.05, 0.1) is 25.2 Å². The molecule has 0 spiro atoms. The lowest BCUT2D eigenvalue weighted by atomic mass is 10.4. The van der Waals surface area contributed by atoms with Crippen molar-refractivity contribution in [3.63, 3.8) is 0 Å². The second-order valence-electron chi connectivity index (χ2n) is 4.73. The van der Waals surface area contributed by atoms with E-state index < -0.39 is 0 Å². The smallest absolute Gasteiger partial charge is 0.0950 e. The van der Waals surface area contributed by atoms with E-state index in [0.29, 0.717) is 0 Å². The van der Waals surface area contributed by atoms with Gasteiger partial charge in [0.15, 0.2) is 0 Å². The summed E-state index contributed by atoms with van der Waals surface area (Å²) in [6, 6.07) is 0. The highest BCUT2D eigenvalue weighted by atomic mass is 16.5. The van der Waals surface area contributed by atoms with E-state index in [1.54, 1.807) is 0 Å². The van der Waals surface area contributed by atoms with Crippen LogP contribution in [0.5, 0.6) is 0 Å². The molecule has 18 heavy (non-hydrogen) atoms. The summed E-state index contributed by atoms with van der Waals surface area (Å²) >= 11 is 0. The molecule has 1 aliphatic rings. The zero-order valence-corrected chi connectivity index (χ0v) is 11.3. The van der Waals surface area contributed by atoms with E-state index in [0.717, 1.165) is 64.6 Å². The first kappa shape index (κ1) is 13.5. The lowest BCUT2D eigenvalue weighted by Gasteiger charge is -2.26. The van der Waals surface area contributed by atoms with Gasteiger partial charge in [-0.25, -0.2) is 4.98 Å². The molecule has 102 valence electrons. The standard InChI is InChI=1S/C13H24N4O/c1-2-3-14-10-13-11-17(12-15-13)5-4-16-6-8-18-9-7-16/h11-12,14H,2-10H2,1H3. The average Bonchev–Trinajstić information content (AvgIpc) is 2.86. The van der Waals surface area contributed by atoms with Crippen molar-refractivity contribution in [3.8, 4) is 0 Å². The first-order valence-electron chi connectivity index (χ1n) is 6.90. The Labute approximate surface area is 109 Å². The van der Waals surface area contributed by atoms with E-state index in [2.05, 4.69) is 32.9 Å².